The standard InChI is InChI=1S/C9H7ClN2O2/c1-11-5-4-7-2-3-8(10)9(6-7)12(13)14/h2-3,6H,4-5H2. The van der Waals surface area contributed by atoms with Gasteiger partial charge >= 0.3 is 0 Å². The molecule has 14 heavy (non-hydrogen) atoms. The van der Waals surface area contributed by atoms with E-state index < -0.39 is 4.92 Å². The summed E-state index contributed by atoms with van der Waals surface area (Å²) < 4.78 is 0. The number of hydrogen-bond donors (Lipinski definition) is 0. The lowest BCUT2D eigenvalue weighted by molar-refractivity contribution is -0.384. The Balaban J connectivity index is 2.96. The molecule has 0 aliphatic heterocycles. The van der Waals surface area contributed by atoms with Crippen molar-refractivity contribution in [2.75, 3.05) is 6.54 Å². The molecule has 0 aliphatic carbocycles. The van der Waals surface area contributed by atoms with Crippen molar-refractivity contribution in [1.29, 1.82) is 0 Å². The lowest BCUT2D eigenvalue weighted by Gasteiger charge is -1.98. The lowest BCUT2D eigenvalue weighted by atomic mass is 10.1. The van der Waals surface area contributed by atoms with E-state index in [9.17, 15) is 10.1 Å². The Hall–Kier alpha value is -1.60. The molecule has 0 N–H and O–H groups in total. The third kappa shape index (κ3) is 2.44. The van der Waals surface area contributed by atoms with E-state index in [4.69, 9.17) is 18.2 Å². The Morgan fingerprint density at radius 2 is 2.29 bits per heavy atom. The molecule has 1 rings (SSSR count). The fourth-order valence-corrected chi connectivity index (χ4v) is 1.23. The van der Waals surface area contributed by atoms with Crippen molar-refractivity contribution in [1.82, 2.24) is 0 Å². The number of benzene rings is 1. The number of nitrogens with zero attached hydrogens (tertiary/aromatic N) is 2. The highest BCUT2D eigenvalue weighted by Crippen LogP contribution is 2.25. The fraction of sp³-hybridized carbons (Fsp3) is 0.222. The second-order valence-corrected chi connectivity index (χ2v) is 3.08. The smallest absolute Gasteiger partial charge is 0.288 e. The summed E-state index contributed by atoms with van der Waals surface area (Å²) in [5, 5.41) is 10.6. The van der Waals surface area contributed by atoms with Crippen LogP contribution in [0.1, 0.15) is 5.56 Å². The minimum Gasteiger partial charge on any atom is -0.317 e. The summed E-state index contributed by atoms with van der Waals surface area (Å²) in [7, 11) is 0. The average molecular weight is 211 g/mol. The van der Waals surface area contributed by atoms with Crippen LogP contribution in [0.25, 0.3) is 4.85 Å². The molecule has 0 bridgehead atoms. The molecule has 0 aliphatic rings. The van der Waals surface area contributed by atoms with Crippen LogP contribution in [-0.2, 0) is 6.42 Å². The maximum atomic E-state index is 10.5. The molecule has 4 nitrogen and oxygen atoms in total. The summed E-state index contributed by atoms with van der Waals surface area (Å²) in [6.07, 6.45) is 0.515. The van der Waals surface area contributed by atoms with E-state index in [1.54, 1.807) is 6.07 Å². The first-order valence-electron chi connectivity index (χ1n) is 3.91. The minimum absolute atomic E-state index is 0.103. The first-order chi connectivity index (χ1) is 6.65. The van der Waals surface area contributed by atoms with Gasteiger partial charge in [0.2, 0.25) is 6.54 Å². The summed E-state index contributed by atoms with van der Waals surface area (Å²) in [6, 6.07) is 4.59. The zero-order chi connectivity index (χ0) is 10.6. The summed E-state index contributed by atoms with van der Waals surface area (Å²) in [6.45, 7) is 6.93. The van der Waals surface area contributed by atoms with Crippen LogP contribution in [0.2, 0.25) is 5.02 Å². The molecule has 0 radical (unpaired) electrons. The van der Waals surface area contributed by atoms with Crippen molar-refractivity contribution in [2.45, 2.75) is 6.42 Å². The zero-order valence-electron chi connectivity index (χ0n) is 7.24. The predicted molar refractivity (Wildman–Crippen MR) is 53.3 cm³/mol. The van der Waals surface area contributed by atoms with Crippen molar-refractivity contribution >= 4 is 17.3 Å². The Morgan fingerprint density at radius 1 is 1.57 bits per heavy atom. The van der Waals surface area contributed by atoms with Gasteiger partial charge in [-0.05, 0) is 11.6 Å². The van der Waals surface area contributed by atoms with E-state index in [0.717, 1.165) is 5.56 Å². The van der Waals surface area contributed by atoms with Crippen LogP contribution in [0.4, 0.5) is 5.69 Å². The number of rotatable bonds is 3. The number of halogens is 1. The van der Waals surface area contributed by atoms with Gasteiger partial charge in [0.05, 0.1) is 4.92 Å². The highest BCUT2D eigenvalue weighted by atomic mass is 35.5. The SMILES string of the molecule is [C-]#[N+]CCc1ccc(Cl)c([N+](=O)[O-])c1. The van der Waals surface area contributed by atoms with Gasteiger partial charge in [0.1, 0.15) is 5.02 Å². The Kier molecular flexibility index (Phi) is 3.43. The highest BCUT2D eigenvalue weighted by Gasteiger charge is 2.12. The second kappa shape index (κ2) is 4.58. The van der Waals surface area contributed by atoms with Crippen molar-refractivity contribution in [3.05, 3.63) is 50.3 Å². The van der Waals surface area contributed by atoms with Crippen LogP contribution in [0.15, 0.2) is 18.2 Å². The quantitative estimate of drug-likeness (QED) is 0.438. The van der Waals surface area contributed by atoms with Crippen molar-refractivity contribution in [3.8, 4) is 0 Å². The van der Waals surface area contributed by atoms with Crippen molar-refractivity contribution in [3.63, 3.8) is 0 Å². The van der Waals surface area contributed by atoms with Gasteiger partial charge in [-0.15, -0.1) is 0 Å². The van der Waals surface area contributed by atoms with E-state index in [2.05, 4.69) is 4.85 Å². The molecule has 0 fully saturated rings. The first-order valence-corrected chi connectivity index (χ1v) is 4.29. The van der Waals surface area contributed by atoms with Gasteiger partial charge in [-0.25, -0.2) is 6.57 Å². The van der Waals surface area contributed by atoms with E-state index in [1.807, 2.05) is 0 Å². The minimum atomic E-state index is -0.524. The number of nitro benzene ring substituents is 1. The maximum absolute atomic E-state index is 10.5. The van der Waals surface area contributed by atoms with Crippen LogP contribution in [0.5, 0.6) is 0 Å². The van der Waals surface area contributed by atoms with Gasteiger partial charge in [-0.2, -0.15) is 0 Å². The van der Waals surface area contributed by atoms with E-state index in [1.165, 1.54) is 12.1 Å². The van der Waals surface area contributed by atoms with Gasteiger partial charge in [0.25, 0.3) is 5.69 Å². The number of nitro groups is 1. The first kappa shape index (κ1) is 10.5. The van der Waals surface area contributed by atoms with Crippen LogP contribution < -0.4 is 0 Å². The Bertz CT molecular complexity index is 398. The second-order valence-electron chi connectivity index (χ2n) is 2.67. The molecule has 1 aromatic carbocycles. The van der Waals surface area contributed by atoms with E-state index in [-0.39, 0.29) is 10.7 Å². The summed E-state index contributed by atoms with van der Waals surface area (Å²) in [4.78, 5) is 13.2. The molecule has 0 atom stereocenters. The lowest BCUT2D eigenvalue weighted by Crippen LogP contribution is -1.93. The summed E-state index contributed by atoms with van der Waals surface area (Å²) in [5.41, 5.74) is 0.659. The Labute approximate surface area is 86.1 Å². The molecule has 0 saturated heterocycles. The van der Waals surface area contributed by atoms with Crippen LogP contribution >= 0.6 is 11.6 Å². The van der Waals surface area contributed by atoms with Crippen LogP contribution in [-0.4, -0.2) is 11.5 Å². The third-order valence-electron chi connectivity index (χ3n) is 1.72. The molecular weight excluding hydrogens is 204 g/mol. The molecule has 0 aromatic heterocycles. The number of hydrogen-bond acceptors (Lipinski definition) is 2. The predicted octanol–water partition coefficient (Wildman–Crippen LogP) is 2.71. The molecule has 0 saturated carbocycles. The average Bonchev–Trinajstić information content (AvgIpc) is 2.16. The van der Waals surface area contributed by atoms with Crippen molar-refractivity contribution in [2.24, 2.45) is 0 Å². The van der Waals surface area contributed by atoms with E-state index >= 15 is 0 Å². The van der Waals surface area contributed by atoms with Gasteiger partial charge in [-0.3, -0.25) is 10.1 Å². The van der Waals surface area contributed by atoms with Crippen LogP contribution in [0.3, 0.4) is 0 Å². The fourth-order valence-electron chi connectivity index (χ4n) is 1.04. The zero-order valence-corrected chi connectivity index (χ0v) is 7.99. The summed E-state index contributed by atoms with van der Waals surface area (Å²) in [5.74, 6) is 0. The summed E-state index contributed by atoms with van der Waals surface area (Å²) >= 11 is 5.62. The van der Waals surface area contributed by atoms with Gasteiger partial charge < -0.3 is 4.85 Å². The largest absolute Gasteiger partial charge is 0.317 e. The molecule has 0 amide bonds. The maximum Gasteiger partial charge on any atom is 0.288 e. The molecule has 1 aromatic rings. The Morgan fingerprint density at radius 3 is 2.86 bits per heavy atom. The van der Waals surface area contributed by atoms with E-state index in [0.29, 0.717) is 13.0 Å². The van der Waals surface area contributed by atoms with Gasteiger partial charge in [0.15, 0.2) is 0 Å². The van der Waals surface area contributed by atoms with Gasteiger partial charge in [-0.1, -0.05) is 17.7 Å². The van der Waals surface area contributed by atoms with Crippen molar-refractivity contribution < 1.29 is 4.92 Å². The molecule has 72 valence electrons. The van der Waals surface area contributed by atoms with Crippen LogP contribution in [0, 0.1) is 16.7 Å². The highest BCUT2D eigenvalue weighted by molar-refractivity contribution is 6.32. The molecule has 0 heterocycles. The molecule has 0 unspecified atom stereocenters. The normalized spacial score (nSPS) is 9.43. The monoisotopic (exact) mass is 210 g/mol. The molecule has 0 spiro atoms. The molecule has 5 heteroatoms. The third-order valence-corrected chi connectivity index (χ3v) is 2.04. The topological polar surface area (TPSA) is 47.5 Å². The molecular formula is C9H7ClN2O2. The van der Waals surface area contributed by atoms with Gasteiger partial charge in [0, 0.05) is 12.5 Å².